The highest BCUT2D eigenvalue weighted by atomic mass is 16.5. The second-order valence-electron chi connectivity index (χ2n) is 6.13. The molecular weight excluding hydrogens is 210 g/mol. The third kappa shape index (κ3) is 2.58. The van der Waals surface area contributed by atoms with E-state index in [4.69, 9.17) is 4.74 Å². The molecule has 0 N–H and O–H groups in total. The van der Waals surface area contributed by atoms with Gasteiger partial charge in [0.25, 0.3) is 0 Å². The fraction of sp³-hybridized carbons (Fsp3) is 0.867. The van der Waals surface area contributed by atoms with Gasteiger partial charge in [0.15, 0.2) is 0 Å². The number of nitrogens with zero attached hydrogens (tertiary/aromatic N) is 1. The average molecular weight is 235 g/mol. The quantitative estimate of drug-likeness (QED) is 0.682. The minimum absolute atomic E-state index is 0.473. The molecule has 0 unspecified atom stereocenters. The van der Waals surface area contributed by atoms with E-state index in [9.17, 15) is 0 Å². The maximum atomic E-state index is 6.14. The van der Waals surface area contributed by atoms with Crippen molar-refractivity contribution in [2.45, 2.75) is 45.1 Å². The molecule has 0 aromatic rings. The summed E-state index contributed by atoms with van der Waals surface area (Å²) in [7, 11) is 0. The van der Waals surface area contributed by atoms with E-state index in [0.29, 0.717) is 12.0 Å². The van der Waals surface area contributed by atoms with E-state index >= 15 is 0 Å². The van der Waals surface area contributed by atoms with Gasteiger partial charge in [0.05, 0.1) is 12.7 Å². The van der Waals surface area contributed by atoms with Gasteiger partial charge in [-0.05, 0) is 51.6 Å². The summed E-state index contributed by atoms with van der Waals surface area (Å²) < 4.78 is 6.14. The highest BCUT2D eigenvalue weighted by Crippen LogP contribution is 2.37. The van der Waals surface area contributed by atoms with E-state index in [2.05, 4.69) is 17.9 Å². The highest BCUT2D eigenvalue weighted by Gasteiger charge is 2.35. The number of fused-ring (bicyclic) bond motifs is 2. The van der Waals surface area contributed by atoms with Gasteiger partial charge in [-0.3, -0.25) is 0 Å². The van der Waals surface area contributed by atoms with Gasteiger partial charge in [-0.2, -0.15) is 0 Å². The van der Waals surface area contributed by atoms with Crippen LogP contribution in [0.15, 0.2) is 11.6 Å². The zero-order valence-corrected chi connectivity index (χ0v) is 11.0. The number of rotatable bonds is 2. The van der Waals surface area contributed by atoms with Crippen LogP contribution in [-0.4, -0.2) is 37.2 Å². The Labute approximate surface area is 105 Å². The average Bonchev–Trinajstić information content (AvgIpc) is 2.38. The topological polar surface area (TPSA) is 12.5 Å². The summed E-state index contributed by atoms with van der Waals surface area (Å²) in [6.45, 7) is 7.05. The molecule has 3 atom stereocenters. The largest absolute Gasteiger partial charge is 0.376 e. The normalized spacial score (nSPS) is 38.9. The van der Waals surface area contributed by atoms with Crippen molar-refractivity contribution in [1.82, 2.24) is 4.90 Å². The molecular formula is C15H25NO. The smallest absolute Gasteiger partial charge is 0.0767 e. The predicted octanol–water partition coefficient (Wildman–Crippen LogP) is 2.84. The van der Waals surface area contributed by atoms with Crippen molar-refractivity contribution >= 4 is 0 Å². The first kappa shape index (κ1) is 11.7. The minimum Gasteiger partial charge on any atom is -0.376 e. The van der Waals surface area contributed by atoms with Crippen molar-refractivity contribution < 1.29 is 4.74 Å². The minimum atomic E-state index is 0.473. The maximum Gasteiger partial charge on any atom is 0.0767 e. The van der Waals surface area contributed by atoms with Gasteiger partial charge < -0.3 is 9.64 Å². The monoisotopic (exact) mass is 235 g/mol. The molecule has 3 aliphatic rings. The fourth-order valence-electron chi connectivity index (χ4n) is 3.68. The van der Waals surface area contributed by atoms with Crippen LogP contribution in [0, 0.1) is 11.8 Å². The van der Waals surface area contributed by atoms with Crippen molar-refractivity contribution in [2.24, 2.45) is 11.8 Å². The summed E-state index contributed by atoms with van der Waals surface area (Å²) in [6.07, 6.45) is 9.75. The van der Waals surface area contributed by atoms with Crippen molar-refractivity contribution in [3.05, 3.63) is 11.6 Å². The van der Waals surface area contributed by atoms with E-state index in [0.717, 1.165) is 12.5 Å². The van der Waals surface area contributed by atoms with E-state index in [-0.39, 0.29) is 0 Å². The van der Waals surface area contributed by atoms with Crippen LogP contribution >= 0.6 is 0 Å². The standard InChI is InChI=1S/C15H25NO/c1-12-5-6-13-9-14(12)15(17-11-13)10-16-7-3-2-4-8-16/h5,13-15H,2-4,6-11H2,1H3/t13-,14+,15-/m0/s1. The number of allylic oxidation sites excluding steroid dienone is 1. The summed E-state index contributed by atoms with van der Waals surface area (Å²) in [5, 5.41) is 0. The SMILES string of the molecule is CC1=CC[C@@H]2CO[C@@H](CN3CCCCC3)[C@@H]1C2. The number of hydrogen-bond acceptors (Lipinski definition) is 2. The molecule has 0 aromatic carbocycles. The maximum absolute atomic E-state index is 6.14. The Balaban J connectivity index is 1.62. The predicted molar refractivity (Wildman–Crippen MR) is 70.0 cm³/mol. The molecule has 0 spiro atoms. The van der Waals surface area contributed by atoms with Crippen LogP contribution in [0.25, 0.3) is 0 Å². The van der Waals surface area contributed by atoms with Gasteiger partial charge in [-0.1, -0.05) is 18.1 Å². The van der Waals surface area contributed by atoms with E-state index in [1.807, 2.05) is 0 Å². The molecule has 2 heteroatoms. The Hall–Kier alpha value is -0.340. The Bertz CT molecular complexity index is 293. The Kier molecular flexibility index (Phi) is 3.53. The summed E-state index contributed by atoms with van der Waals surface area (Å²) in [4.78, 5) is 2.62. The second-order valence-corrected chi connectivity index (χ2v) is 6.13. The zero-order chi connectivity index (χ0) is 11.7. The first-order valence-electron chi connectivity index (χ1n) is 7.33. The van der Waals surface area contributed by atoms with Crippen LogP contribution in [0.3, 0.4) is 0 Å². The molecule has 3 rings (SSSR count). The molecule has 2 heterocycles. The van der Waals surface area contributed by atoms with Crippen LogP contribution < -0.4 is 0 Å². The molecule has 0 amide bonds. The van der Waals surface area contributed by atoms with Crippen molar-refractivity contribution in [1.29, 1.82) is 0 Å². The third-order valence-electron chi connectivity index (χ3n) is 4.83. The van der Waals surface area contributed by atoms with Crippen LogP contribution in [-0.2, 0) is 4.74 Å². The van der Waals surface area contributed by atoms with Crippen LogP contribution in [0.5, 0.6) is 0 Å². The number of piperidine rings is 1. The van der Waals surface area contributed by atoms with Gasteiger partial charge in [0.1, 0.15) is 0 Å². The second kappa shape index (κ2) is 5.11. The van der Waals surface area contributed by atoms with Crippen molar-refractivity contribution in [3.63, 3.8) is 0 Å². The molecule has 96 valence electrons. The lowest BCUT2D eigenvalue weighted by Gasteiger charge is -2.42. The van der Waals surface area contributed by atoms with Gasteiger partial charge in [-0.25, -0.2) is 0 Å². The van der Waals surface area contributed by atoms with Gasteiger partial charge >= 0.3 is 0 Å². The molecule has 0 aromatic heterocycles. The highest BCUT2D eigenvalue weighted by molar-refractivity contribution is 5.12. The molecule has 0 saturated carbocycles. The molecule has 1 aliphatic carbocycles. The molecule has 2 bridgehead atoms. The number of ether oxygens (including phenoxy) is 1. The summed E-state index contributed by atoms with van der Waals surface area (Å²) in [5.41, 5.74) is 1.59. The molecule has 0 radical (unpaired) electrons. The third-order valence-corrected chi connectivity index (χ3v) is 4.83. The summed E-state index contributed by atoms with van der Waals surface area (Å²) in [6, 6.07) is 0. The Morgan fingerprint density at radius 2 is 2.12 bits per heavy atom. The first-order valence-corrected chi connectivity index (χ1v) is 7.33. The Morgan fingerprint density at radius 1 is 1.29 bits per heavy atom. The van der Waals surface area contributed by atoms with Crippen LogP contribution in [0.4, 0.5) is 0 Å². The summed E-state index contributed by atoms with van der Waals surface area (Å²) in [5.74, 6) is 1.52. The first-order chi connectivity index (χ1) is 8.33. The molecule has 2 saturated heterocycles. The summed E-state index contributed by atoms with van der Waals surface area (Å²) >= 11 is 0. The van der Waals surface area contributed by atoms with Crippen molar-refractivity contribution in [3.8, 4) is 0 Å². The lowest BCUT2D eigenvalue weighted by molar-refractivity contribution is -0.0650. The van der Waals surface area contributed by atoms with Crippen LogP contribution in [0.2, 0.25) is 0 Å². The van der Waals surface area contributed by atoms with Crippen LogP contribution in [0.1, 0.15) is 39.0 Å². The van der Waals surface area contributed by atoms with Gasteiger partial charge in [0, 0.05) is 12.5 Å². The van der Waals surface area contributed by atoms with Crippen molar-refractivity contribution in [2.75, 3.05) is 26.2 Å². The van der Waals surface area contributed by atoms with Gasteiger partial charge in [-0.15, -0.1) is 0 Å². The Morgan fingerprint density at radius 3 is 2.94 bits per heavy atom. The molecule has 2 nitrogen and oxygen atoms in total. The molecule has 17 heavy (non-hydrogen) atoms. The van der Waals surface area contributed by atoms with E-state index in [1.165, 1.54) is 51.7 Å². The lowest BCUT2D eigenvalue weighted by atomic mass is 9.77. The van der Waals surface area contributed by atoms with E-state index in [1.54, 1.807) is 5.57 Å². The molecule has 2 fully saturated rings. The number of likely N-dealkylation sites (tertiary alicyclic amines) is 1. The number of hydrogen-bond donors (Lipinski definition) is 0. The lowest BCUT2D eigenvalue weighted by Crippen LogP contribution is -2.45. The molecule has 2 aliphatic heterocycles. The van der Waals surface area contributed by atoms with Gasteiger partial charge in [0.2, 0.25) is 0 Å². The van der Waals surface area contributed by atoms with E-state index < -0.39 is 0 Å². The zero-order valence-electron chi connectivity index (χ0n) is 11.0. The fourth-order valence-corrected chi connectivity index (χ4v) is 3.68.